The number of hydrogen-bond donors (Lipinski definition) is 1. The maximum Gasteiger partial charge on any atom is 0.0476 e. The molecule has 1 aliphatic rings. The van der Waals surface area contributed by atoms with Gasteiger partial charge in [0, 0.05) is 18.6 Å². The topological polar surface area (TPSA) is 29.3 Å². The second-order valence-corrected chi connectivity index (χ2v) is 6.29. The summed E-state index contributed by atoms with van der Waals surface area (Å²) in [6.45, 7) is 8.62. The molecule has 1 heterocycles. The third-order valence-corrected chi connectivity index (χ3v) is 4.71. The zero-order valence-corrected chi connectivity index (χ0v) is 13.4. The Hall–Kier alpha value is -0.860. The van der Waals surface area contributed by atoms with Crippen molar-refractivity contribution in [3.8, 4) is 0 Å². The van der Waals surface area contributed by atoms with Crippen molar-refractivity contribution in [3.05, 3.63) is 34.9 Å². The van der Waals surface area contributed by atoms with Gasteiger partial charge in [-0.25, -0.2) is 0 Å². The number of nitrogens with two attached hydrogens (primary N) is 1. The van der Waals surface area contributed by atoms with Gasteiger partial charge in [0.25, 0.3) is 0 Å². The molecule has 2 nitrogen and oxygen atoms in total. The molecular formula is C18H30N2. The van der Waals surface area contributed by atoms with Crippen LogP contribution in [0.1, 0.15) is 61.8 Å². The summed E-state index contributed by atoms with van der Waals surface area (Å²) >= 11 is 0. The van der Waals surface area contributed by atoms with E-state index in [0.29, 0.717) is 6.04 Å². The number of likely N-dealkylation sites (tertiary alicyclic amines) is 1. The van der Waals surface area contributed by atoms with Crippen LogP contribution in [-0.4, -0.2) is 24.0 Å². The Bertz CT molecular complexity index is 425. The fraction of sp³-hybridized carbons (Fsp3) is 0.667. The lowest BCUT2D eigenvalue weighted by Crippen LogP contribution is -2.44. The van der Waals surface area contributed by atoms with Crippen molar-refractivity contribution in [3.63, 3.8) is 0 Å². The molecule has 0 spiro atoms. The Morgan fingerprint density at radius 3 is 2.80 bits per heavy atom. The summed E-state index contributed by atoms with van der Waals surface area (Å²) in [5, 5.41) is 0. The lowest BCUT2D eigenvalue weighted by Gasteiger charge is -2.41. The minimum atomic E-state index is 0.395. The average molecular weight is 274 g/mol. The molecule has 2 heteroatoms. The van der Waals surface area contributed by atoms with Crippen LogP contribution in [0.3, 0.4) is 0 Å². The minimum Gasteiger partial charge on any atom is -0.329 e. The van der Waals surface area contributed by atoms with Crippen LogP contribution in [0.15, 0.2) is 18.2 Å². The highest BCUT2D eigenvalue weighted by Crippen LogP contribution is 2.32. The Morgan fingerprint density at radius 2 is 2.10 bits per heavy atom. The van der Waals surface area contributed by atoms with Gasteiger partial charge >= 0.3 is 0 Å². The molecule has 2 rings (SSSR count). The van der Waals surface area contributed by atoms with Gasteiger partial charge in [0.05, 0.1) is 0 Å². The molecule has 0 aliphatic carbocycles. The number of nitrogens with zero attached hydrogens (tertiary/aromatic N) is 1. The van der Waals surface area contributed by atoms with Crippen LogP contribution in [0.25, 0.3) is 0 Å². The van der Waals surface area contributed by atoms with Crippen LogP contribution in [0.4, 0.5) is 0 Å². The Labute approximate surface area is 124 Å². The summed E-state index contributed by atoms with van der Waals surface area (Å²) in [7, 11) is 0. The van der Waals surface area contributed by atoms with E-state index in [2.05, 4.69) is 43.9 Å². The lowest BCUT2D eigenvalue weighted by atomic mass is 9.91. The Kier molecular flexibility index (Phi) is 5.62. The molecule has 0 bridgehead atoms. The van der Waals surface area contributed by atoms with E-state index in [9.17, 15) is 0 Å². The molecule has 0 aromatic heterocycles. The third-order valence-electron chi connectivity index (χ3n) is 4.71. The second kappa shape index (κ2) is 7.24. The largest absolute Gasteiger partial charge is 0.329 e. The van der Waals surface area contributed by atoms with E-state index in [1.165, 1.54) is 55.3 Å². The highest BCUT2D eigenvalue weighted by atomic mass is 15.2. The van der Waals surface area contributed by atoms with E-state index in [4.69, 9.17) is 5.73 Å². The first-order chi connectivity index (χ1) is 9.67. The molecule has 0 radical (unpaired) electrons. The van der Waals surface area contributed by atoms with E-state index in [1.54, 1.807) is 0 Å². The van der Waals surface area contributed by atoms with Crippen molar-refractivity contribution >= 4 is 0 Å². The molecule has 0 saturated carbocycles. The fourth-order valence-corrected chi connectivity index (χ4v) is 3.64. The van der Waals surface area contributed by atoms with Gasteiger partial charge < -0.3 is 5.73 Å². The van der Waals surface area contributed by atoms with E-state index in [0.717, 1.165) is 12.6 Å². The maximum absolute atomic E-state index is 6.17. The molecule has 2 atom stereocenters. The van der Waals surface area contributed by atoms with Crippen LogP contribution in [0.2, 0.25) is 0 Å². The molecule has 1 aromatic rings. The zero-order chi connectivity index (χ0) is 14.5. The highest BCUT2D eigenvalue weighted by Gasteiger charge is 2.29. The van der Waals surface area contributed by atoms with Crippen LogP contribution in [0.5, 0.6) is 0 Å². The molecule has 2 N–H and O–H groups in total. The predicted octanol–water partition coefficient (Wildman–Crippen LogP) is 3.96. The Balaban J connectivity index is 2.27. The molecule has 20 heavy (non-hydrogen) atoms. The monoisotopic (exact) mass is 274 g/mol. The molecule has 0 amide bonds. The van der Waals surface area contributed by atoms with Crippen molar-refractivity contribution in [2.75, 3.05) is 13.1 Å². The van der Waals surface area contributed by atoms with E-state index >= 15 is 0 Å². The maximum atomic E-state index is 6.17. The van der Waals surface area contributed by atoms with Gasteiger partial charge in [0.2, 0.25) is 0 Å². The molecule has 112 valence electrons. The molecular weight excluding hydrogens is 244 g/mol. The first-order valence-electron chi connectivity index (χ1n) is 8.20. The quantitative estimate of drug-likeness (QED) is 0.880. The van der Waals surface area contributed by atoms with Gasteiger partial charge in [-0.15, -0.1) is 0 Å². The fourth-order valence-electron chi connectivity index (χ4n) is 3.64. The molecule has 1 fully saturated rings. The Morgan fingerprint density at radius 1 is 1.30 bits per heavy atom. The highest BCUT2D eigenvalue weighted by molar-refractivity contribution is 5.33. The summed E-state index contributed by atoms with van der Waals surface area (Å²) in [6.07, 6.45) is 6.62. The molecule has 1 aliphatic heterocycles. The van der Waals surface area contributed by atoms with Gasteiger partial charge in [-0.2, -0.15) is 0 Å². The first-order valence-corrected chi connectivity index (χ1v) is 8.20. The normalized spacial score (nSPS) is 21.9. The van der Waals surface area contributed by atoms with Crippen molar-refractivity contribution in [1.82, 2.24) is 4.90 Å². The van der Waals surface area contributed by atoms with Crippen molar-refractivity contribution in [2.24, 2.45) is 5.73 Å². The molecule has 1 aromatic carbocycles. The van der Waals surface area contributed by atoms with E-state index in [1.807, 2.05) is 0 Å². The van der Waals surface area contributed by atoms with Crippen LogP contribution in [0, 0.1) is 13.8 Å². The molecule has 1 saturated heterocycles. The van der Waals surface area contributed by atoms with Gasteiger partial charge in [0.15, 0.2) is 0 Å². The lowest BCUT2D eigenvalue weighted by molar-refractivity contribution is 0.0909. The van der Waals surface area contributed by atoms with Gasteiger partial charge in [-0.1, -0.05) is 43.5 Å². The van der Waals surface area contributed by atoms with Crippen molar-refractivity contribution in [2.45, 2.75) is 65.0 Å². The SMILES string of the molecule is CCCC1CCCCN1C(CN)c1cc(C)ccc1C. The van der Waals surface area contributed by atoms with Crippen LogP contribution in [-0.2, 0) is 0 Å². The summed E-state index contributed by atoms with van der Waals surface area (Å²) < 4.78 is 0. The van der Waals surface area contributed by atoms with Crippen molar-refractivity contribution in [1.29, 1.82) is 0 Å². The summed E-state index contributed by atoms with van der Waals surface area (Å²) in [6, 6.07) is 7.90. The standard InChI is InChI=1S/C18H30N2/c1-4-7-16-8-5-6-11-20(16)18(13-19)17-12-14(2)9-10-15(17)3/h9-10,12,16,18H,4-8,11,13,19H2,1-3H3. The third kappa shape index (κ3) is 3.42. The van der Waals surface area contributed by atoms with Gasteiger partial charge in [0.1, 0.15) is 0 Å². The van der Waals surface area contributed by atoms with Crippen molar-refractivity contribution < 1.29 is 0 Å². The smallest absolute Gasteiger partial charge is 0.0476 e. The zero-order valence-electron chi connectivity index (χ0n) is 13.4. The number of hydrogen-bond acceptors (Lipinski definition) is 2. The van der Waals surface area contributed by atoms with E-state index < -0.39 is 0 Å². The first kappa shape index (κ1) is 15.5. The van der Waals surface area contributed by atoms with Gasteiger partial charge in [-0.05, 0) is 50.8 Å². The summed E-state index contributed by atoms with van der Waals surface area (Å²) in [5.41, 5.74) is 10.3. The van der Waals surface area contributed by atoms with Gasteiger partial charge in [-0.3, -0.25) is 4.90 Å². The predicted molar refractivity (Wildman–Crippen MR) is 87.0 cm³/mol. The molecule has 2 unspecified atom stereocenters. The number of rotatable bonds is 5. The second-order valence-electron chi connectivity index (χ2n) is 6.29. The average Bonchev–Trinajstić information content (AvgIpc) is 2.45. The number of benzene rings is 1. The van der Waals surface area contributed by atoms with Crippen LogP contribution >= 0.6 is 0 Å². The summed E-state index contributed by atoms with van der Waals surface area (Å²) in [5.74, 6) is 0. The van der Waals surface area contributed by atoms with E-state index in [-0.39, 0.29) is 0 Å². The summed E-state index contributed by atoms with van der Waals surface area (Å²) in [4.78, 5) is 2.69. The minimum absolute atomic E-state index is 0.395. The van der Waals surface area contributed by atoms with Crippen LogP contribution < -0.4 is 5.73 Å². The number of piperidine rings is 1. The number of aryl methyl sites for hydroxylation is 2.